The van der Waals surface area contributed by atoms with Gasteiger partial charge in [0.05, 0.1) is 0 Å². The third-order valence-electron chi connectivity index (χ3n) is 0.733. The van der Waals surface area contributed by atoms with Crippen LogP contribution in [-0.4, -0.2) is 15.5 Å². The molecule has 3 heteroatoms. The molecule has 1 fully saturated rings. The van der Waals surface area contributed by atoms with Crippen molar-refractivity contribution in [3.63, 3.8) is 0 Å². The standard InChI is InChI=1S/C4H6OS2/c1-3-2-6-4(5)7-3/h3H,2H2,1H3/t3-/m1/s1. The van der Waals surface area contributed by atoms with Crippen LogP contribution in [0.2, 0.25) is 0 Å². The highest BCUT2D eigenvalue weighted by Gasteiger charge is 2.18. The number of rotatable bonds is 0. The summed E-state index contributed by atoms with van der Waals surface area (Å²) in [6, 6.07) is 0. The van der Waals surface area contributed by atoms with Gasteiger partial charge in [-0.05, 0) is 0 Å². The number of thioether (sulfide) groups is 2. The van der Waals surface area contributed by atoms with Gasteiger partial charge < -0.3 is 0 Å². The molecular formula is C4H6OS2. The van der Waals surface area contributed by atoms with Crippen LogP contribution in [0.1, 0.15) is 6.92 Å². The molecule has 0 spiro atoms. The van der Waals surface area contributed by atoms with Crippen molar-refractivity contribution in [2.75, 3.05) is 5.75 Å². The molecule has 0 N–H and O–H groups in total. The van der Waals surface area contributed by atoms with E-state index in [4.69, 9.17) is 0 Å². The zero-order valence-corrected chi connectivity index (χ0v) is 5.64. The highest BCUT2D eigenvalue weighted by Crippen LogP contribution is 2.31. The van der Waals surface area contributed by atoms with E-state index in [2.05, 4.69) is 6.92 Å². The first-order valence-corrected chi connectivity index (χ1v) is 3.99. The lowest BCUT2D eigenvalue weighted by Gasteiger charge is -1.87. The van der Waals surface area contributed by atoms with E-state index in [0.29, 0.717) is 5.25 Å². The second-order valence-electron chi connectivity index (χ2n) is 1.49. The van der Waals surface area contributed by atoms with E-state index in [1.165, 1.54) is 23.5 Å². The molecule has 40 valence electrons. The predicted octanol–water partition coefficient (Wildman–Crippen LogP) is 1.97. The molecule has 1 nitrogen and oxygen atoms in total. The first-order valence-electron chi connectivity index (χ1n) is 2.12. The monoisotopic (exact) mass is 134 g/mol. The maximum absolute atomic E-state index is 10.4. The predicted molar refractivity (Wildman–Crippen MR) is 34.9 cm³/mol. The average molecular weight is 134 g/mol. The second kappa shape index (κ2) is 2.09. The van der Waals surface area contributed by atoms with Crippen LogP contribution >= 0.6 is 23.5 Å². The molecule has 0 radical (unpaired) electrons. The molecule has 0 saturated carbocycles. The lowest BCUT2D eigenvalue weighted by molar-refractivity contribution is 0.277. The van der Waals surface area contributed by atoms with E-state index in [0.717, 1.165) is 5.75 Å². The minimum Gasteiger partial charge on any atom is -0.274 e. The Balaban J connectivity index is 2.40. The van der Waals surface area contributed by atoms with E-state index in [-0.39, 0.29) is 4.45 Å². The van der Waals surface area contributed by atoms with Crippen molar-refractivity contribution in [3.05, 3.63) is 0 Å². The number of hydrogen-bond donors (Lipinski definition) is 0. The van der Waals surface area contributed by atoms with Crippen LogP contribution in [0.4, 0.5) is 4.79 Å². The summed E-state index contributed by atoms with van der Waals surface area (Å²) >= 11 is 2.87. The maximum atomic E-state index is 10.4. The quantitative estimate of drug-likeness (QED) is 0.504. The van der Waals surface area contributed by atoms with Gasteiger partial charge in [0, 0.05) is 11.0 Å². The van der Waals surface area contributed by atoms with Gasteiger partial charge in [-0.15, -0.1) is 0 Å². The smallest absolute Gasteiger partial charge is 0.246 e. The van der Waals surface area contributed by atoms with Gasteiger partial charge in [-0.2, -0.15) is 0 Å². The Hall–Kier alpha value is 0.370. The lowest BCUT2D eigenvalue weighted by atomic mass is 10.6. The SMILES string of the molecule is C[C@@H]1CSC(=O)S1. The fourth-order valence-electron chi connectivity index (χ4n) is 0.418. The molecule has 0 amide bonds. The highest BCUT2D eigenvalue weighted by atomic mass is 32.2. The molecule has 0 aromatic rings. The van der Waals surface area contributed by atoms with Crippen LogP contribution in [0.15, 0.2) is 0 Å². The Morgan fingerprint density at radius 3 is 2.71 bits per heavy atom. The molecule has 1 heterocycles. The third kappa shape index (κ3) is 1.39. The van der Waals surface area contributed by atoms with Crippen LogP contribution in [0.5, 0.6) is 0 Å². The van der Waals surface area contributed by atoms with Crippen LogP contribution < -0.4 is 0 Å². The molecule has 7 heavy (non-hydrogen) atoms. The summed E-state index contributed by atoms with van der Waals surface area (Å²) in [6.45, 7) is 2.07. The zero-order valence-electron chi connectivity index (χ0n) is 4.01. The van der Waals surface area contributed by atoms with E-state index in [1.54, 1.807) is 0 Å². The molecule has 0 unspecified atom stereocenters. The van der Waals surface area contributed by atoms with E-state index in [1.807, 2.05) is 0 Å². The van der Waals surface area contributed by atoms with Gasteiger partial charge in [-0.25, -0.2) is 0 Å². The van der Waals surface area contributed by atoms with Crippen LogP contribution in [-0.2, 0) is 0 Å². The van der Waals surface area contributed by atoms with E-state index in [9.17, 15) is 4.79 Å². The Bertz CT molecular complexity index is 91.7. The Morgan fingerprint density at radius 1 is 1.86 bits per heavy atom. The van der Waals surface area contributed by atoms with E-state index < -0.39 is 0 Å². The molecule has 1 atom stereocenters. The van der Waals surface area contributed by atoms with E-state index >= 15 is 0 Å². The van der Waals surface area contributed by atoms with Gasteiger partial charge in [0.1, 0.15) is 0 Å². The normalized spacial score (nSPS) is 31.6. The van der Waals surface area contributed by atoms with Gasteiger partial charge in [0.2, 0.25) is 4.45 Å². The Kier molecular flexibility index (Phi) is 1.65. The van der Waals surface area contributed by atoms with Crippen LogP contribution in [0.3, 0.4) is 0 Å². The molecule has 0 bridgehead atoms. The number of carbonyl (C=O) groups excluding carboxylic acids is 1. The van der Waals surface area contributed by atoms with Gasteiger partial charge in [-0.3, -0.25) is 4.79 Å². The second-order valence-corrected chi connectivity index (χ2v) is 4.15. The minimum absolute atomic E-state index is 0.285. The van der Waals surface area contributed by atoms with Gasteiger partial charge in [0.25, 0.3) is 0 Å². The summed E-state index contributed by atoms with van der Waals surface area (Å²) < 4.78 is 0.285. The van der Waals surface area contributed by atoms with Crippen molar-refractivity contribution in [3.8, 4) is 0 Å². The van der Waals surface area contributed by atoms with Crippen LogP contribution in [0, 0.1) is 0 Å². The first-order chi connectivity index (χ1) is 3.29. The fraction of sp³-hybridized carbons (Fsp3) is 0.750. The van der Waals surface area contributed by atoms with Crippen molar-refractivity contribution in [1.29, 1.82) is 0 Å². The summed E-state index contributed by atoms with van der Waals surface area (Å²) in [7, 11) is 0. The molecule has 1 aliphatic rings. The summed E-state index contributed by atoms with van der Waals surface area (Å²) in [5.74, 6) is 1.00. The van der Waals surface area contributed by atoms with Crippen molar-refractivity contribution in [1.82, 2.24) is 0 Å². The topological polar surface area (TPSA) is 17.1 Å². The molecule has 0 aliphatic carbocycles. The van der Waals surface area contributed by atoms with Crippen molar-refractivity contribution < 1.29 is 4.79 Å². The third-order valence-corrected chi connectivity index (χ3v) is 3.25. The Labute approximate surface area is 51.2 Å². The molecule has 1 saturated heterocycles. The first kappa shape index (κ1) is 5.51. The lowest BCUT2D eigenvalue weighted by Crippen LogP contribution is -1.88. The number of carbonyl (C=O) groups is 1. The fourth-order valence-corrected chi connectivity index (χ4v) is 2.56. The van der Waals surface area contributed by atoms with Crippen molar-refractivity contribution in [2.45, 2.75) is 12.2 Å². The summed E-state index contributed by atoms with van der Waals surface area (Å²) in [5.41, 5.74) is 0. The average Bonchev–Trinajstić information content (AvgIpc) is 1.87. The molecule has 1 rings (SSSR count). The highest BCUT2D eigenvalue weighted by molar-refractivity contribution is 8.41. The number of hydrogen-bond acceptors (Lipinski definition) is 3. The Morgan fingerprint density at radius 2 is 2.57 bits per heavy atom. The minimum atomic E-state index is 0.285. The zero-order chi connectivity index (χ0) is 5.28. The largest absolute Gasteiger partial charge is 0.274 e. The summed E-state index contributed by atoms with van der Waals surface area (Å²) in [4.78, 5) is 10.4. The molecule has 1 aliphatic heterocycles. The van der Waals surface area contributed by atoms with Crippen molar-refractivity contribution >= 4 is 28.0 Å². The molecular weight excluding hydrogens is 128 g/mol. The van der Waals surface area contributed by atoms with Crippen LogP contribution in [0.25, 0.3) is 0 Å². The molecule has 0 aromatic heterocycles. The van der Waals surface area contributed by atoms with Gasteiger partial charge in [0.15, 0.2) is 0 Å². The van der Waals surface area contributed by atoms with Gasteiger partial charge >= 0.3 is 0 Å². The molecule has 0 aromatic carbocycles. The van der Waals surface area contributed by atoms with Gasteiger partial charge in [-0.1, -0.05) is 30.4 Å². The summed E-state index contributed by atoms with van der Waals surface area (Å²) in [5, 5.41) is 0.553. The van der Waals surface area contributed by atoms with Crippen molar-refractivity contribution in [2.24, 2.45) is 0 Å². The summed E-state index contributed by atoms with van der Waals surface area (Å²) in [6.07, 6.45) is 0. The maximum Gasteiger partial charge on any atom is 0.246 e.